The van der Waals surface area contributed by atoms with Crippen LogP contribution in [0.4, 0.5) is 17.5 Å². The van der Waals surface area contributed by atoms with Gasteiger partial charge in [0.25, 0.3) is 5.91 Å². The molecule has 2 aromatic carbocycles. The van der Waals surface area contributed by atoms with Crippen LogP contribution in [0.25, 0.3) is 28.0 Å². The SMILES string of the molecule is CC(=O)N1c2ccc(-c3ccc(CNC(=O)c4cc5nc(-c6cnc(N)nc6)cc(N6CCOCC6)n5n4)cc3)cc2CC[C@@H]1C. The molecule has 0 saturated carbocycles. The Bertz CT molecular complexity index is 1920. The zero-order valence-corrected chi connectivity index (χ0v) is 25.8. The van der Waals surface area contributed by atoms with E-state index in [1.165, 1.54) is 5.56 Å². The zero-order chi connectivity index (χ0) is 31.8. The average molecular weight is 618 g/mol. The number of rotatable bonds is 6. The number of aromatic nitrogens is 5. The molecule has 234 valence electrons. The number of nitrogens with zero attached hydrogens (tertiary/aromatic N) is 7. The predicted octanol–water partition coefficient (Wildman–Crippen LogP) is 3.89. The number of ether oxygens (including phenoxy) is 1. The number of hydrogen-bond acceptors (Lipinski definition) is 9. The van der Waals surface area contributed by atoms with Crippen molar-refractivity contribution in [2.24, 2.45) is 0 Å². The Morgan fingerprint density at radius 2 is 1.72 bits per heavy atom. The maximum absolute atomic E-state index is 13.3. The molecule has 46 heavy (non-hydrogen) atoms. The predicted molar refractivity (Wildman–Crippen MR) is 175 cm³/mol. The molecule has 0 radical (unpaired) electrons. The highest BCUT2D eigenvalue weighted by Crippen LogP contribution is 2.34. The van der Waals surface area contributed by atoms with Crippen LogP contribution in [-0.4, -0.2) is 68.7 Å². The molecule has 3 N–H and O–H groups in total. The maximum atomic E-state index is 13.3. The minimum atomic E-state index is -0.293. The topological polar surface area (TPSA) is 144 Å². The first kappa shape index (κ1) is 29.4. The van der Waals surface area contributed by atoms with E-state index in [1.54, 1.807) is 29.9 Å². The lowest BCUT2D eigenvalue weighted by atomic mass is 9.93. The lowest BCUT2D eigenvalue weighted by Gasteiger charge is -2.34. The molecule has 0 unspecified atom stereocenters. The highest BCUT2D eigenvalue weighted by molar-refractivity contribution is 5.94. The number of nitrogens with one attached hydrogen (secondary N) is 1. The minimum absolute atomic E-state index is 0.0723. The van der Waals surface area contributed by atoms with Crippen molar-refractivity contribution in [3.05, 3.63) is 83.8 Å². The van der Waals surface area contributed by atoms with Crippen molar-refractivity contribution in [1.82, 2.24) is 29.9 Å². The van der Waals surface area contributed by atoms with Crippen LogP contribution in [0, 0.1) is 0 Å². The molecule has 0 bridgehead atoms. The van der Waals surface area contributed by atoms with Gasteiger partial charge >= 0.3 is 0 Å². The second-order valence-corrected chi connectivity index (χ2v) is 11.7. The number of nitrogen functional groups attached to an aromatic ring is 1. The van der Waals surface area contributed by atoms with Gasteiger partial charge in [-0.1, -0.05) is 30.3 Å². The highest BCUT2D eigenvalue weighted by atomic mass is 16.5. The molecule has 5 heterocycles. The Hall–Kier alpha value is -5.36. The first-order valence-corrected chi connectivity index (χ1v) is 15.5. The molecule has 5 aromatic rings. The smallest absolute Gasteiger partial charge is 0.272 e. The first-order valence-electron chi connectivity index (χ1n) is 15.5. The van der Waals surface area contributed by atoms with Gasteiger partial charge in [-0.3, -0.25) is 9.59 Å². The fraction of sp³-hybridized carbons (Fsp3) is 0.294. The van der Waals surface area contributed by atoms with Gasteiger partial charge in [-0.2, -0.15) is 9.61 Å². The van der Waals surface area contributed by atoms with Crippen molar-refractivity contribution in [3.8, 4) is 22.4 Å². The number of nitrogens with two attached hydrogens (primary N) is 1. The Morgan fingerprint density at radius 3 is 2.46 bits per heavy atom. The first-order chi connectivity index (χ1) is 22.3. The summed E-state index contributed by atoms with van der Waals surface area (Å²) >= 11 is 0. The van der Waals surface area contributed by atoms with Crippen molar-refractivity contribution >= 4 is 34.9 Å². The number of aryl methyl sites for hydroxylation is 1. The molecule has 0 aliphatic carbocycles. The Kier molecular flexibility index (Phi) is 7.79. The van der Waals surface area contributed by atoms with E-state index in [0.717, 1.165) is 41.0 Å². The summed E-state index contributed by atoms with van der Waals surface area (Å²) in [7, 11) is 0. The third kappa shape index (κ3) is 5.74. The van der Waals surface area contributed by atoms with E-state index in [-0.39, 0.29) is 29.5 Å². The summed E-state index contributed by atoms with van der Waals surface area (Å²) < 4.78 is 7.25. The second-order valence-electron chi connectivity index (χ2n) is 11.7. The molecule has 0 spiro atoms. The summed E-state index contributed by atoms with van der Waals surface area (Å²) in [6.45, 7) is 6.65. The third-order valence-electron chi connectivity index (χ3n) is 8.63. The second kappa shape index (κ2) is 12.2. The molecule has 1 atom stereocenters. The average Bonchev–Trinajstić information content (AvgIpc) is 3.52. The third-order valence-corrected chi connectivity index (χ3v) is 8.63. The molecule has 12 nitrogen and oxygen atoms in total. The normalized spacial score (nSPS) is 16.3. The van der Waals surface area contributed by atoms with Crippen molar-refractivity contribution < 1.29 is 14.3 Å². The standard InChI is InChI=1S/C34H35N9O3/c1-21-3-6-26-15-25(9-10-30(26)42(21)22(2)44)24-7-4-23(5-8-24)18-36-33(45)29-16-31-39-28(27-19-37-34(35)38-20-27)17-32(43(31)40-29)41-11-13-46-14-12-41/h4-5,7-10,15-17,19-21H,3,6,11-14,18H2,1-2H3,(H,36,45)(H2,35,37,38)/t21-/m0/s1. The molecular formula is C34H35N9O3. The quantitative estimate of drug-likeness (QED) is 0.290. The monoisotopic (exact) mass is 617 g/mol. The zero-order valence-electron chi connectivity index (χ0n) is 25.8. The molecule has 12 heteroatoms. The summed E-state index contributed by atoms with van der Waals surface area (Å²) in [4.78, 5) is 42.6. The van der Waals surface area contributed by atoms with Crippen LogP contribution >= 0.6 is 0 Å². The van der Waals surface area contributed by atoms with Crippen LogP contribution < -0.4 is 20.9 Å². The van der Waals surface area contributed by atoms with Gasteiger partial charge in [0.1, 0.15) is 5.82 Å². The molecule has 7 rings (SSSR count). The van der Waals surface area contributed by atoms with Crippen LogP contribution in [-0.2, 0) is 22.5 Å². The van der Waals surface area contributed by atoms with E-state index in [0.29, 0.717) is 49.8 Å². The minimum Gasteiger partial charge on any atom is -0.378 e. The lowest BCUT2D eigenvalue weighted by Crippen LogP contribution is -2.40. The molecule has 2 aliphatic heterocycles. The highest BCUT2D eigenvalue weighted by Gasteiger charge is 2.26. The van der Waals surface area contributed by atoms with E-state index in [1.807, 2.05) is 23.1 Å². The number of anilines is 3. The fourth-order valence-electron chi connectivity index (χ4n) is 6.20. The number of carbonyl (C=O) groups excluding carboxylic acids is 2. The van der Waals surface area contributed by atoms with Crippen molar-refractivity contribution in [1.29, 1.82) is 0 Å². The number of benzene rings is 2. The van der Waals surface area contributed by atoms with E-state index in [4.69, 9.17) is 15.5 Å². The van der Waals surface area contributed by atoms with Crippen LogP contribution in [0.2, 0.25) is 0 Å². The molecule has 1 saturated heterocycles. The number of hydrogen-bond donors (Lipinski definition) is 2. The van der Waals surface area contributed by atoms with Gasteiger partial charge < -0.3 is 25.6 Å². The summed E-state index contributed by atoms with van der Waals surface area (Å²) in [6.07, 6.45) is 5.16. The number of amides is 2. The van der Waals surface area contributed by atoms with Gasteiger partial charge in [0.15, 0.2) is 11.3 Å². The van der Waals surface area contributed by atoms with Gasteiger partial charge in [0.05, 0.1) is 18.9 Å². The van der Waals surface area contributed by atoms with Gasteiger partial charge in [-0.25, -0.2) is 15.0 Å². The van der Waals surface area contributed by atoms with Crippen molar-refractivity contribution in [2.45, 2.75) is 39.3 Å². The lowest BCUT2D eigenvalue weighted by molar-refractivity contribution is -0.117. The van der Waals surface area contributed by atoms with Crippen LogP contribution in [0.3, 0.4) is 0 Å². The van der Waals surface area contributed by atoms with Gasteiger partial charge in [-0.15, -0.1) is 0 Å². The van der Waals surface area contributed by atoms with Gasteiger partial charge in [0, 0.05) is 68.4 Å². The van der Waals surface area contributed by atoms with E-state index in [9.17, 15) is 9.59 Å². The maximum Gasteiger partial charge on any atom is 0.272 e. The van der Waals surface area contributed by atoms with Crippen LogP contribution in [0.5, 0.6) is 0 Å². The van der Waals surface area contributed by atoms with Crippen LogP contribution in [0.15, 0.2) is 67.0 Å². The molecule has 3 aromatic heterocycles. The molecule has 1 fully saturated rings. The van der Waals surface area contributed by atoms with E-state index in [2.05, 4.69) is 62.5 Å². The number of fused-ring (bicyclic) bond motifs is 2. The fourth-order valence-corrected chi connectivity index (χ4v) is 6.20. The summed E-state index contributed by atoms with van der Waals surface area (Å²) in [5, 5.41) is 7.64. The Morgan fingerprint density at radius 1 is 0.978 bits per heavy atom. The molecule has 2 aliphatic rings. The number of carbonyl (C=O) groups is 2. The van der Waals surface area contributed by atoms with E-state index >= 15 is 0 Å². The number of morpholine rings is 1. The molecular weight excluding hydrogens is 582 g/mol. The largest absolute Gasteiger partial charge is 0.378 e. The summed E-state index contributed by atoms with van der Waals surface area (Å²) in [5.74, 6) is 0.772. The van der Waals surface area contributed by atoms with Gasteiger partial charge in [0.2, 0.25) is 11.9 Å². The summed E-state index contributed by atoms with van der Waals surface area (Å²) in [5.41, 5.74) is 13.2. The Labute approximate surface area is 266 Å². The molecule has 2 amide bonds. The van der Waals surface area contributed by atoms with Gasteiger partial charge in [-0.05, 0) is 54.2 Å². The summed E-state index contributed by atoms with van der Waals surface area (Å²) in [6, 6.07) is 18.3. The van der Waals surface area contributed by atoms with E-state index < -0.39 is 0 Å². The van der Waals surface area contributed by atoms with Crippen LogP contribution in [0.1, 0.15) is 41.9 Å². The van der Waals surface area contributed by atoms with Crippen molar-refractivity contribution in [2.75, 3.05) is 41.8 Å². The Balaban J connectivity index is 1.08. The van der Waals surface area contributed by atoms with Crippen molar-refractivity contribution in [3.63, 3.8) is 0 Å².